The van der Waals surface area contributed by atoms with Crippen LogP contribution in [0.4, 0.5) is 4.39 Å². The molecule has 1 atom stereocenters. The SMILES string of the molecule is CC(Sc1ccc(F)cc1)C(=O)NCCC1=CCCCC1. The molecule has 2 nitrogen and oxygen atoms in total. The maximum atomic E-state index is 12.8. The monoisotopic (exact) mass is 307 g/mol. The van der Waals surface area contributed by atoms with Gasteiger partial charge >= 0.3 is 0 Å². The van der Waals surface area contributed by atoms with Gasteiger partial charge in [-0.2, -0.15) is 0 Å². The van der Waals surface area contributed by atoms with Gasteiger partial charge in [0.2, 0.25) is 5.91 Å². The van der Waals surface area contributed by atoms with Crippen LogP contribution in [0.1, 0.15) is 39.0 Å². The van der Waals surface area contributed by atoms with Crippen molar-refractivity contribution in [2.45, 2.75) is 49.2 Å². The summed E-state index contributed by atoms with van der Waals surface area (Å²) in [7, 11) is 0. The number of nitrogens with one attached hydrogen (secondary N) is 1. The normalized spacial score (nSPS) is 16.2. The number of thioether (sulfide) groups is 1. The van der Waals surface area contributed by atoms with Crippen LogP contribution in [0.3, 0.4) is 0 Å². The van der Waals surface area contributed by atoms with Crippen molar-refractivity contribution in [3.8, 4) is 0 Å². The second-order valence-electron chi connectivity index (χ2n) is 5.36. The fourth-order valence-electron chi connectivity index (χ4n) is 2.39. The lowest BCUT2D eigenvalue weighted by Gasteiger charge is -2.15. The molecule has 21 heavy (non-hydrogen) atoms. The Morgan fingerprint density at radius 1 is 1.33 bits per heavy atom. The lowest BCUT2D eigenvalue weighted by molar-refractivity contribution is -0.120. The van der Waals surface area contributed by atoms with Crippen molar-refractivity contribution in [1.29, 1.82) is 0 Å². The van der Waals surface area contributed by atoms with E-state index in [4.69, 9.17) is 0 Å². The molecule has 0 saturated heterocycles. The van der Waals surface area contributed by atoms with E-state index in [1.807, 2.05) is 6.92 Å². The minimum Gasteiger partial charge on any atom is -0.355 e. The molecule has 1 aliphatic rings. The van der Waals surface area contributed by atoms with Gasteiger partial charge in [0, 0.05) is 11.4 Å². The number of carbonyl (C=O) groups excluding carboxylic acids is 1. The quantitative estimate of drug-likeness (QED) is 0.626. The second kappa shape index (κ2) is 8.23. The summed E-state index contributed by atoms with van der Waals surface area (Å²) in [5.41, 5.74) is 1.47. The number of allylic oxidation sites excluding steroid dienone is 1. The molecule has 1 N–H and O–H groups in total. The second-order valence-corrected chi connectivity index (χ2v) is 6.78. The molecule has 1 aliphatic carbocycles. The number of carbonyl (C=O) groups is 1. The van der Waals surface area contributed by atoms with Gasteiger partial charge in [-0.1, -0.05) is 11.6 Å². The van der Waals surface area contributed by atoms with E-state index in [0.29, 0.717) is 6.54 Å². The fraction of sp³-hybridized carbons (Fsp3) is 0.471. The highest BCUT2D eigenvalue weighted by Gasteiger charge is 2.14. The topological polar surface area (TPSA) is 29.1 Å². The number of benzene rings is 1. The lowest BCUT2D eigenvalue weighted by atomic mass is 9.97. The predicted molar refractivity (Wildman–Crippen MR) is 85.9 cm³/mol. The summed E-state index contributed by atoms with van der Waals surface area (Å²) in [6.45, 7) is 2.59. The third kappa shape index (κ3) is 5.54. The molecule has 1 unspecified atom stereocenters. The van der Waals surface area contributed by atoms with Gasteiger partial charge in [-0.3, -0.25) is 4.79 Å². The van der Waals surface area contributed by atoms with Gasteiger partial charge in [-0.15, -0.1) is 11.8 Å². The van der Waals surface area contributed by atoms with Crippen LogP contribution >= 0.6 is 11.8 Å². The first-order valence-corrected chi connectivity index (χ1v) is 8.41. The van der Waals surface area contributed by atoms with Crippen molar-refractivity contribution in [1.82, 2.24) is 5.32 Å². The molecule has 2 rings (SSSR count). The number of rotatable bonds is 6. The molecular formula is C17H22FNOS. The summed E-state index contributed by atoms with van der Waals surface area (Å²) in [5, 5.41) is 2.82. The first-order chi connectivity index (χ1) is 10.1. The Hall–Kier alpha value is -1.29. The molecule has 0 bridgehead atoms. The van der Waals surface area contributed by atoms with E-state index >= 15 is 0 Å². The maximum Gasteiger partial charge on any atom is 0.233 e. The van der Waals surface area contributed by atoms with Crippen LogP contribution in [-0.2, 0) is 4.79 Å². The van der Waals surface area contributed by atoms with E-state index in [0.717, 1.165) is 11.3 Å². The molecule has 0 fully saturated rings. The maximum absolute atomic E-state index is 12.8. The van der Waals surface area contributed by atoms with E-state index < -0.39 is 0 Å². The Kier molecular flexibility index (Phi) is 6.30. The number of hydrogen-bond donors (Lipinski definition) is 1. The van der Waals surface area contributed by atoms with Crippen LogP contribution in [0, 0.1) is 5.82 Å². The van der Waals surface area contributed by atoms with E-state index in [9.17, 15) is 9.18 Å². The van der Waals surface area contributed by atoms with Crippen LogP contribution < -0.4 is 5.32 Å². The summed E-state index contributed by atoms with van der Waals surface area (Å²) in [6, 6.07) is 6.25. The third-order valence-electron chi connectivity index (χ3n) is 3.63. The van der Waals surface area contributed by atoms with Crippen LogP contribution in [-0.4, -0.2) is 17.7 Å². The van der Waals surface area contributed by atoms with Crippen molar-refractivity contribution in [3.05, 3.63) is 41.7 Å². The molecule has 0 saturated carbocycles. The zero-order valence-electron chi connectivity index (χ0n) is 12.4. The van der Waals surface area contributed by atoms with Gasteiger partial charge in [-0.05, 0) is 63.3 Å². The van der Waals surface area contributed by atoms with Gasteiger partial charge in [0.25, 0.3) is 0 Å². The molecule has 4 heteroatoms. The first kappa shape index (κ1) is 16.1. The summed E-state index contributed by atoms with van der Waals surface area (Å²) in [6.07, 6.45) is 8.19. The number of hydrogen-bond acceptors (Lipinski definition) is 2. The van der Waals surface area contributed by atoms with E-state index in [2.05, 4.69) is 11.4 Å². The van der Waals surface area contributed by atoms with Crippen LogP contribution in [0.15, 0.2) is 40.8 Å². The summed E-state index contributed by atoms with van der Waals surface area (Å²) in [5.74, 6) is -0.210. The Morgan fingerprint density at radius 2 is 2.10 bits per heavy atom. The van der Waals surface area contributed by atoms with Crippen molar-refractivity contribution in [2.24, 2.45) is 0 Å². The van der Waals surface area contributed by atoms with E-state index in [-0.39, 0.29) is 17.0 Å². The number of halogens is 1. The molecule has 114 valence electrons. The highest BCUT2D eigenvalue weighted by molar-refractivity contribution is 8.00. The average Bonchev–Trinajstić information content (AvgIpc) is 2.50. The highest BCUT2D eigenvalue weighted by atomic mass is 32.2. The fourth-order valence-corrected chi connectivity index (χ4v) is 3.28. The Bertz CT molecular complexity index is 498. The minimum atomic E-state index is -0.253. The number of amides is 1. The summed E-state index contributed by atoms with van der Waals surface area (Å²) in [4.78, 5) is 12.9. The van der Waals surface area contributed by atoms with Gasteiger partial charge in [0.05, 0.1) is 5.25 Å². The molecule has 0 radical (unpaired) electrons. The highest BCUT2D eigenvalue weighted by Crippen LogP contribution is 2.23. The Morgan fingerprint density at radius 3 is 2.76 bits per heavy atom. The standard InChI is InChI=1S/C17H22FNOS/c1-13(21-16-9-7-15(18)8-10-16)17(20)19-12-11-14-5-3-2-4-6-14/h5,7-10,13H,2-4,6,11-12H2,1H3,(H,19,20). The molecule has 1 aromatic rings. The molecule has 0 spiro atoms. The molecule has 1 amide bonds. The van der Waals surface area contributed by atoms with E-state index in [1.54, 1.807) is 12.1 Å². The third-order valence-corrected chi connectivity index (χ3v) is 4.74. The Labute approximate surface area is 130 Å². The van der Waals surface area contributed by atoms with Crippen molar-refractivity contribution in [2.75, 3.05) is 6.54 Å². The van der Waals surface area contributed by atoms with Crippen LogP contribution in [0.2, 0.25) is 0 Å². The van der Waals surface area contributed by atoms with E-state index in [1.165, 1.54) is 55.2 Å². The molecular weight excluding hydrogens is 285 g/mol. The zero-order valence-corrected chi connectivity index (χ0v) is 13.2. The predicted octanol–water partition coefficient (Wildman–Crippen LogP) is 4.31. The molecule has 1 aromatic carbocycles. The first-order valence-electron chi connectivity index (χ1n) is 7.53. The lowest BCUT2D eigenvalue weighted by Crippen LogP contribution is -2.31. The zero-order chi connectivity index (χ0) is 15.1. The van der Waals surface area contributed by atoms with Crippen molar-refractivity contribution < 1.29 is 9.18 Å². The van der Waals surface area contributed by atoms with Gasteiger partial charge < -0.3 is 5.32 Å². The molecule has 0 aromatic heterocycles. The van der Waals surface area contributed by atoms with Gasteiger partial charge in [0.15, 0.2) is 0 Å². The summed E-state index contributed by atoms with van der Waals surface area (Å²) >= 11 is 1.45. The molecule has 0 heterocycles. The van der Waals surface area contributed by atoms with Crippen molar-refractivity contribution >= 4 is 17.7 Å². The minimum absolute atomic E-state index is 0.0423. The van der Waals surface area contributed by atoms with Crippen LogP contribution in [0.25, 0.3) is 0 Å². The smallest absolute Gasteiger partial charge is 0.233 e. The molecule has 0 aliphatic heterocycles. The Balaban J connectivity index is 1.72. The van der Waals surface area contributed by atoms with Crippen molar-refractivity contribution in [3.63, 3.8) is 0 Å². The van der Waals surface area contributed by atoms with Crippen LogP contribution in [0.5, 0.6) is 0 Å². The average molecular weight is 307 g/mol. The largest absolute Gasteiger partial charge is 0.355 e. The summed E-state index contributed by atoms with van der Waals surface area (Å²) < 4.78 is 12.8. The van der Waals surface area contributed by atoms with Gasteiger partial charge in [-0.25, -0.2) is 4.39 Å². The van der Waals surface area contributed by atoms with Gasteiger partial charge in [0.1, 0.15) is 5.82 Å².